The molecule has 1 unspecified atom stereocenters. The lowest BCUT2D eigenvalue weighted by Crippen LogP contribution is -2.46. The maximum Gasteiger partial charge on any atom is 0.0248 e. The summed E-state index contributed by atoms with van der Waals surface area (Å²) in [4.78, 5) is 2.43. The Morgan fingerprint density at radius 2 is 1.83 bits per heavy atom. The van der Waals surface area contributed by atoms with Crippen molar-refractivity contribution < 1.29 is 0 Å². The summed E-state index contributed by atoms with van der Waals surface area (Å²) in [5, 5.41) is 3.32. The van der Waals surface area contributed by atoms with E-state index in [0.29, 0.717) is 6.04 Å². The zero-order chi connectivity index (χ0) is 7.40. The van der Waals surface area contributed by atoms with E-state index in [4.69, 9.17) is 0 Å². The fourth-order valence-electron chi connectivity index (χ4n) is 1.24. The number of hydrogen-bond acceptors (Lipinski definition) is 4. The lowest BCUT2D eigenvalue weighted by atomic mass is 10.2. The third kappa shape index (κ3) is 3.82. The molecule has 0 saturated carbocycles. The van der Waals surface area contributed by atoms with Gasteiger partial charge in [-0.2, -0.15) is 0 Å². The summed E-state index contributed by atoms with van der Waals surface area (Å²) in [6.45, 7) is 10.5. The number of hydrogen-bond donors (Lipinski definition) is 3. The summed E-state index contributed by atoms with van der Waals surface area (Å²) < 4.78 is 0. The van der Waals surface area contributed by atoms with Gasteiger partial charge in [-0.15, -0.1) is 6.58 Å². The van der Waals surface area contributed by atoms with E-state index in [0.717, 1.165) is 26.2 Å². The van der Waals surface area contributed by atoms with E-state index in [2.05, 4.69) is 23.7 Å². The van der Waals surface area contributed by atoms with Gasteiger partial charge < -0.3 is 17.6 Å². The van der Waals surface area contributed by atoms with Gasteiger partial charge >= 0.3 is 0 Å². The maximum absolute atomic E-state index is 3.77. The zero-order valence-electron chi connectivity index (χ0n) is 8.05. The molecule has 1 heterocycles. The van der Waals surface area contributed by atoms with E-state index >= 15 is 0 Å². The van der Waals surface area contributed by atoms with Gasteiger partial charge in [0.1, 0.15) is 0 Å². The first-order valence-electron chi connectivity index (χ1n) is 3.92. The highest BCUT2D eigenvalue weighted by Crippen LogP contribution is 2.00. The quantitative estimate of drug-likeness (QED) is 0.540. The molecular weight excluding hydrogens is 152 g/mol. The van der Waals surface area contributed by atoms with Crippen LogP contribution in [0.2, 0.25) is 0 Å². The van der Waals surface area contributed by atoms with Crippen molar-refractivity contribution in [2.75, 3.05) is 26.2 Å². The van der Waals surface area contributed by atoms with E-state index < -0.39 is 0 Å². The van der Waals surface area contributed by atoms with Gasteiger partial charge in [-0.05, 0) is 6.92 Å². The largest absolute Gasteiger partial charge is 0.344 e. The summed E-state index contributed by atoms with van der Waals surface area (Å²) in [6, 6.07) is 0.544. The van der Waals surface area contributed by atoms with Crippen molar-refractivity contribution in [2.24, 2.45) is 0 Å². The Labute approximate surface area is 75.2 Å². The van der Waals surface area contributed by atoms with Crippen molar-refractivity contribution in [1.29, 1.82) is 0 Å². The van der Waals surface area contributed by atoms with E-state index in [1.54, 1.807) is 0 Å². The maximum atomic E-state index is 3.77. The average Bonchev–Trinajstić information content (AvgIpc) is 2.05. The molecule has 1 atom stereocenters. The number of nitrogens with zero attached hydrogens (tertiary/aromatic N) is 1. The molecule has 0 spiro atoms. The van der Waals surface area contributed by atoms with E-state index in [1.165, 1.54) is 0 Å². The molecule has 0 aliphatic carbocycles. The van der Waals surface area contributed by atoms with Crippen molar-refractivity contribution in [1.82, 2.24) is 22.5 Å². The first-order valence-corrected chi connectivity index (χ1v) is 3.92. The van der Waals surface area contributed by atoms with Crippen LogP contribution in [0.1, 0.15) is 6.92 Å². The van der Waals surface area contributed by atoms with E-state index in [1.807, 2.05) is 6.08 Å². The Balaban J connectivity index is 0. The molecule has 1 aliphatic rings. The second-order valence-corrected chi connectivity index (χ2v) is 2.76. The fraction of sp³-hybridized carbons (Fsp3) is 0.750. The third-order valence-corrected chi connectivity index (χ3v) is 2.07. The minimum Gasteiger partial charge on any atom is -0.344 e. The summed E-state index contributed by atoms with van der Waals surface area (Å²) in [7, 11) is 0. The van der Waals surface area contributed by atoms with Crippen LogP contribution in [-0.4, -0.2) is 37.1 Å². The van der Waals surface area contributed by atoms with Crippen molar-refractivity contribution >= 4 is 0 Å². The number of piperazine rings is 1. The highest BCUT2D eigenvalue weighted by atomic mass is 15.2. The molecule has 1 fully saturated rings. The van der Waals surface area contributed by atoms with Gasteiger partial charge in [-0.3, -0.25) is 4.90 Å². The van der Waals surface area contributed by atoms with E-state index in [-0.39, 0.29) is 12.3 Å². The van der Waals surface area contributed by atoms with Gasteiger partial charge in [0.2, 0.25) is 0 Å². The highest BCUT2D eigenvalue weighted by molar-refractivity contribution is 4.85. The van der Waals surface area contributed by atoms with Gasteiger partial charge in [0, 0.05) is 32.2 Å². The van der Waals surface area contributed by atoms with Crippen LogP contribution in [0.15, 0.2) is 12.7 Å². The normalized spacial score (nSPS) is 20.1. The molecule has 0 amide bonds. The van der Waals surface area contributed by atoms with E-state index in [9.17, 15) is 0 Å². The molecule has 4 nitrogen and oxygen atoms in total. The van der Waals surface area contributed by atoms with Crippen LogP contribution >= 0.6 is 0 Å². The van der Waals surface area contributed by atoms with Gasteiger partial charge in [-0.1, -0.05) is 6.08 Å². The second-order valence-electron chi connectivity index (χ2n) is 2.76. The van der Waals surface area contributed by atoms with Gasteiger partial charge in [-0.25, -0.2) is 0 Å². The molecule has 0 bridgehead atoms. The molecule has 0 aromatic heterocycles. The second kappa shape index (κ2) is 7.24. The molecule has 1 saturated heterocycles. The standard InChI is InChI=1S/C8H16N2.2H3N/c1-3-8(2)10-6-4-9-5-7-10;;/h3,8-9H,1,4-7H2,2H3;2*1H3. The minimum absolute atomic E-state index is 0. The summed E-state index contributed by atoms with van der Waals surface area (Å²) in [5.41, 5.74) is 0. The third-order valence-electron chi connectivity index (χ3n) is 2.07. The van der Waals surface area contributed by atoms with Crippen molar-refractivity contribution in [2.45, 2.75) is 13.0 Å². The van der Waals surface area contributed by atoms with Crippen LogP contribution in [0.4, 0.5) is 0 Å². The van der Waals surface area contributed by atoms with Gasteiger partial charge in [0.25, 0.3) is 0 Å². The van der Waals surface area contributed by atoms with Crippen LogP contribution in [-0.2, 0) is 0 Å². The smallest absolute Gasteiger partial charge is 0.0248 e. The lowest BCUT2D eigenvalue weighted by molar-refractivity contribution is 0.213. The summed E-state index contributed by atoms with van der Waals surface area (Å²) >= 11 is 0. The molecule has 0 aromatic rings. The zero-order valence-corrected chi connectivity index (χ0v) is 8.05. The van der Waals surface area contributed by atoms with Crippen LogP contribution in [0.3, 0.4) is 0 Å². The fourth-order valence-corrected chi connectivity index (χ4v) is 1.24. The van der Waals surface area contributed by atoms with Crippen LogP contribution in [0.5, 0.6) is 0 Å². The van der Waals surface area contributed by atoms with Crippen LogP contribution < -0.4 is 17.6 Å². The van der Waals surface area contributed by atoms with Gasteiger partial charge in [0.05, 0.1) is 0 Å². The number of nitrogens with one attached hydrogen (secondary N) is 1. The first-order chi connectivity index (χ1) is 4.84. The molecule has 12 heavy (non-hydrogen) atoms. The van der Waals surface area contributed by atoms with Crippen molar-refractivity contribution in [3.05, 3.63) is 12.7 Å². The average molecular weight is 174 g/mol. The molecule has 74 valence electrons. The molecule has 7 N–H and O–H groups in total. The Hall–Kier alpha value is -0.420. The number of rotatable bonds is 2. The van der Waals surface area contributed by atoms with Crippen LogP contribution in [0, 0.1) is 0 Å². The SMILES string of the molecule is C=CC(C)N1CCNCC1.N.N. The topological polar surface area (TPSA) is 85.3 Å². The molecule has 4 heteroatoms. The molecule has 1 aliphatic heterocycles. The monoisotopic (exact) mass is 174 g/mol. The summed E-state index contributed by atoms with van der Waals surface area (Å²) in [5.74, 6) is 0. The highest BCUT2D eigenvalue weighted by Gasteiger charge is 2.12. The minimum atomic E-state index is 0. The Kier molecular flexibility index (Phi) is 8.52. The predicted molar refractivity (Wildman–Crippen MR) is 54.1 cm³/mol. The first kappa shape index (κ1) is 14.1. The van der Waals surface area contributed by atoms with Crippen molar-refractivity contribution in [3.8, 4) is 0 Å². The van der Waals surface area contributed by atoms with Crippen molar-refractivity contribution in [3.63, 3.8) is 0 Å². The Morgan fingerprint density at radius 1 is 1.33 bits per heavy atom. The van der Waals surface area contributed by atoms with Crippen LogP contribution in [0.25, 0.3) is 0 Å². The predicted octanol–water partition coefficient (Wildman–Crippen LogP) is 0.790. The Bertz CT molecular complexity index is 110. The molecule has 1 rings (SSSR count). The molecular formula is C8H22N4. The lowest BCUT2D eigenvalue weighted by Gasteiger charge is -2.30. The molecule has 0 aromatic carbocycles. The Morgan fingerprint density at radius 3 is 2.25 bits per heavy atom. The molecule has 0 radical (unpaired) electrons. The van der Waals surface area contributed by atoms with Gasteiger partial charge in [0.15, 0.2) is 0 Å². The summed E-state index contributed by atoms with van der Waals surface area (Å²) in [6.07, 6.45) is 2.01.